The van der Waals surface area contributed by atoms with Gasteiger partial charge in [0.2, 0.25) is 6.29 Å². The van der Waals surface area contributed by atoms with E-state index in [0.717, 1.165) is 6.08 Å². The second kappa shape index (κ2) is 21.1. The molecule has 0 spiro atoms. The molecule has 19 atom stereocenters. The lowest BCUT2D eigenvalue weighted by Crippen LogP contribution is -2.61. The van der Waals surface area contributed by atoms with E-state index >= 15 is 0 Å². The molecule has 0 radical (unpaired) electrons. The van der Waals surface area contributed by atoms with Crippen molar-refractivity contribution >= 4 is 12.0 Å². The van der Waals surface area contributed by atoms with Crippen molar-refractivity contribution in [3.63, 3.8) is 0 Å². The van der Waals surface area contributed by atoms with Gasteiger partial charge in [0, 0.05) is 6.08 Å². The van der Waals surface area contributed by atoms with Crippen molar-refractivity contribution < 1.29 is 104 Å². The van der Waals surface area contributed by atoms with Gasteiger partial charge in [-0.1, -0.05) is 42.5 Å². The first-order chi connectivity index (χ1) is 29.2. The van der Waals surface area contributed by atoms with Crippen molar-refractivity contribution in [1.29, 1.82) is 5.26 Å². The largest absolute Gasteiger partial charge is 0.462 e. The van der Waals surface area contributed by atoms with Gasteiger partial charge in [-0.05, 0) is 29.3 Å². The van der Waals surface area contributed by atoms with Crippen molar-refractivity contribution in [2.75, 3.05) is 26.4 Å². The van der Waals surface area contributed by atoms with E-state index in [1.54, 1.807) is 30.3 Å². The zero-order valence-corrected chi connectivity index (χ0v) is 32.1. The Morgan fingerprint density at radius 1 is 0.656 bits per heavy atom. The minimum atomic E-state index is -1.76. The Balaban J connectivity index is 0.950. The SMILES string of the molecule is N#C[C@@H](O[C@H]1O[C@H](CO[C@@H]2OC[C@H](OC(=O)/C=C/c3ccc(O[C@@H]4O[C@H](CO[C@@H]5OC[C@@H](O)[C@@H](O)[C@H]5O)[C@@H](O)[C@H](O)[C@H]4O)cc3)[C@H](O)[C@@H]2O)[C@@H](O)[C@H](O)[C@@H]1O)c1ccccc1. The van der Waals surface area contributed by atoms with Gasteiger partial charge >= 0.3 is 5.97 Å². The first kappa shape index (κ1) is 46.7. The second-order valence-electron chi connectivity index (χ2n) is 14.7. The molecule has 0 unspecified atom stereocenters. The normalized spacial score (nSPS) is 39.9. The quantitative estimate of drug-likeness (QED) is 0.0629. The van der Waals surface area contributed by atoms with Gasteiger partial charge in [0.15, 0.2) is 31.1 Å². The molecule has 22 nitrogen and oxygen atoms in total. The van der Waals surface area contributed by atoms with Crippen LogP contribution in [0.4, 0.5) is 0 Å². The zero-order chi connectivity index (χ0) is 44.0. The monoisotopic (exact) mass is 867 g/mol. The fraction of sp³-hybridized carbons (Fsp3) is 0.590. The van der Waals surface area contributed by atoms with Crippen LogP contribution >= 0.6 is 0 Å². The van der Waals surface area contributed by atoms with Gasteiger partial charge < -0.3 is 98.8 Å². The lowest BCUT2D eigenvalue weighted by atomic mass is 9.99. The molecular formula is C39H49NO21. The number of ether oxygens (including phenoxy) is 9. The van der Waals surface area contributed by atoms with Crippen LogP contribution in [0.15, 0.2) is 60.7 Å². The van der Waals surface area contributed by atoms with Gasteiger partial charge in [0.25, 0.3) is 0 Å². The van der Waals surface area contributed by atoms with E-state index in [9.17, 15) is 66.2 Å². The highest BCUT2D eigenvalue weighted by Gasteiger charge is 2.48. The van der Waals surface area contributed by atoms with Crippen LogP contribution in [0.2, 0.25) is 0 Å². The molecule has 0 amide bonds. The smallest absolute Gasteiger partial charge is 0.331 e. The minimum Gasteiger partial charge on any atom is -0.462 e. The molecule has 0 aromatic heterocycles. The molecule has 2 aromatic carbocycles. The van der Waals surface area contributed by atoms with Crippen LogP contribution < -0.4 is 4.74 Å². The van der Waals surface area contributed by atoms with Gasteiger partial charge in [0.1, 0.15) is 85.1 Å². The summed E-state index contributed by atoms with van der Waals surface area (Å²) in [6.45, 7) is -1.75. The molecular weight excluding hydrogens is 818 g/mol. The number of nitriles is 1. The molecule has 11 N–H and O–H groups in total. The van der Waals surface area contributed by atoms with Crippen molar-refractivity contribution in [2.24, 2.45) is 0 Å². The highest BCUT2D eigenvalue weighted by atomic mass is 16.7. The molecule has 61 heavy (non-hydrogen) atoms. The highest BCUT2D eigenvalue weighted by Crippen LogP contribution is 2.30. The number of hydrogen-bond acceptors (Lipinski definition) is 22. The number of aliphatic hydroxyl groups is 11. The molecule has 22 heteroatoms. The van der Waals surface area contributed by atoms with Gasteiger partial charge in [-0.25, -0.2) is 4.79 Å². The van der Waals surface area contributed by atoms with Crippen LogP contribution in [0.3, 0.4) is 0 Å². The molecule has 4 heterocycles. The number of carbonyl (C=O) groups excluding carboxylic acids is 1. The van der Waals surface area contributed by atoms with E-state index < -0.39 is 143 Å². The maximum absolute atomic E-state index is 12.6. The Morgan fingerprint density at radius 3 is 1.80 bits per heavy atom. The number of aliphatic hydroxyl groups excluding tert-OH is 11. The second-order valence-corrected chi connectivity index (χ2v) is 14.7. The number of esters is 1. The summed E-state index contributed by atoms with van der Waals surface area (Å²) in [7, 11) is 0. The number of benzene rings is 2. The Kier molecular flexibility index (Phi) is 16.1. The Morgan fingerprint density at radius 2 is 1.20 bits per heavy atom. The Hall–Kier alpha value is -3.78. The van der Waals surface area contributed by atoms with E-state index in [1.807, 2.05) is 6.07 Å². The molecule has 0 bridgehead atoms. The molecule has 4 aliphatic rings. The summed E-state index contributed by atoms with van der Waals surface area (Å²) >= 11 is 0. The Labute approximate surface area is 347 Å². The van der Waals surface area contributed by atoms with Crippen LogP contribution in [-0.2, 0) is 42.7 Å². The number of hydrogen-bond donors (Lipinski definition) is 11. The minimum absolute atomic E-state index is 0.144. The maximum Gasteiger partial charge on any atom is 0.331 e. The molecule has 4 fully saturated rings. The molecule has 2 aromatic rings. The summed E-state index contributed by atoms with van der Waals surface area (Å²) in [5, 5.41) is 123. The van der Waals surface area contributed by atoms with E-state index in [2.05, 4.69) is 0 Å². The summed E-state index contributed by atoms with van der Waals surface area (Å²) < 4.78 is 49.3. The third kappa shape index (κ3) is 11.2. The predicted molar refractivity (Wildman–Crippen MR) is 197 cm³/mol. The van der Waals surface area contributed by atoms with Crippen LogP contribution in [0.5, 0.6) is 5.75 Å². The fourth-order valence-electron chi connectivity index (χ4n) is 6.73. The van der Waals surface area contributed by atoms with Crippen LogP contribution in [-0.4, -0.2) is 199 Å². The molecule has 4 saturated heterocycles. The van der Waals surface area contributed by atoms with Crippen molar-refractivity contribution in [2.45, 2.75) is 117 Å². The lowest BCUT2D eigenvalue weighted by Gasteiger charge is -2.42. The van der Waals surface area contributed by atoms with Crippen LogP contribution in [0.1, 0.15) is 17.2 Å². The van der Waals surface area contributed by atoms with Crippen LogP contribution in [0.25, 0.3) is 6.08 Å². The molecule has 336 valence electrons. The van der Waals surface area contributed by atoms with Gasteiger partial charge in [-0.2, -0.15) is 5.26 Å². The third-order valence-corrected chi connectivity index (χ3v) is 10.4. The number of nitrogens with zero attached hydrogens (tertiary/aromatic N) is 1. The highest BCUT2D eigenvalue weighted by molar-refractivity contribution is 5.87. The number of carbonyl (C=O) groups is 1. The number of rotatable bonds is 14. The van der Waals surface area contributed by atoms with E-state index in [4.69, 9.17) is 42.6 Å². The van der Waals surface area contributed by atoms with Crippen molar-refractivity contribution in [3.8, 4) is 11.8 Å². The standard InChI is InChI=1S/C39H49NO21/c40-12-21(18-4-2-1-3-5-18)59-39-35(52)31(48)28(45)24(61-39)16-56-37-33(50)29(46)22(14-54-37)58-25(42)11-8-17-6-9-19(10-7-17)57-38-34(51)30(47)27(44)23(60-38)15-55-36-32(49)26(43)20(41)13-53-36/h1-11,20-24,26-39,41,43-52H,13-16H2/b11-8+/t20-,21-,22+,23-,24-,26-,27-,28-,29+,30+,31+,32-,33+,34-,35+,36+,37+,38-,39+/m1/s1. The van der Waals surface area contributed by atoms with Gasteiger partial charge in [-0.3, -0.25) is 0 Å². The summed E-state index contributed by atoms with van der Waals surface area (Å²) in [4.78, 5) is 12.6. The lowest BCUT2D eigenvalue weighted by molar-refractivity contribution is -0.325. The van der Waals surface area contributed by atoms with Gasteiger partial charge in [-0.15, -0.1) is 0 Å². The summed E-state index contributed by atoms with van der Waals surface area (Å²) in [6, 6.07) is 16.2. The molecule has 4 aliphatic heterocycles. The first-order valence-corrected chi connectivity index (χ1v) is 19.2. The van der Waals surface area contributed by atoms with E-state index in [0.29, 0.717) is 11.1 Å². The molecule has 6 rings (SSSR count). The zero-order valence-electron chi connectivity index (χ0n) is 32.1. The summed E-state index contributed by atoms with van der Waals surface area (Å²) in [5.74, 6) is -0.773. The van der Waals surface area contributed by atoms with Gasteiger partial charge in [0.05, 0.1) is 32.5 Å². The van der Waals surface area contributed by atoms with Crippen LogP contribution in [0, 0.1) is 11.3 Å². The topological polar surface area (TPSA) is 346 Å². The van der Waals surface area contributed by atoms with E-state index in [1.165, 1.54) is 30.3 Å². The fourth-order valence-corrected chi connectivity index (χ4v) is 6.73. The van der Waals surface area contributed by atoms with E-state index in [-0.39, 0.29) is 12.4 Å². The van der Waals surface area contributed by atoms with Crippen molar-refractivity contribution in [1.82, 2.24) is 0 Å². The summed E-state index contributed by atoms with van der Waals surface area (Å²) in [6.07, 6.45) is -26.9. The third-order valence-electron chi connectivity index (χ3n) is 10.4. The average Bonchev–Trinajstić information content (AvgIpc) is 3.26. The first-order valence-electron chi connectivity index (χ1n) is 19.2. The predicted octanol–water partition coefficient (Wildman–Crippen LogP) is -4.56. The van der Waals surface area contributed by atoms with Crippen molar-refractivity contribution in [3.05, 3.63) is 71.8 Å². The molecule has 0 saturated carbocycles. The average molecular weight is 868 g/mol. The summed E-state index contributed by atoms with van der Waals surface area (Å²) in [5.41, 5.74) is 0.913. The Bertz CT molecular complexity index is 1770. The maximum atomic E-state index is 12.6. The molecule has 0 aliphatic carbocycles.